The minimum atomic E-state index is -1.21. The Morgan fingerprint density at radius 3 is 2.30 bits per heavy atom. The Labute approximate surface area is 143 Å². The Balaban J connectivity index is 2.58. The first-order valence-electron chi connectivity index (χ1n) is 6.67. The second-order valence-electron chi connectivity index (χ2n) is 4.71. The van der Waals surface area contributed by atoms with Gasteiger partial charge in [0, 0.05) is 29.8 Å². The number of nitrogens with two attached hydrogens (primary N) is 1. The van der Waals surface area contributed by atoms with E-state index in [1.54, 1.807) is 6.20 Å². The number of rotatable bonds is 9. The SMILES string of the molecule is NC(Cc1cnc[nH]1)C(=O)NC(CS)C(=O)NC(CS)C(=O)O. The van der Waals surface area contributed by atoms with Crippen LogP contribution in [0.25, 0.3) is 0 Å². The third-order valence-electron chi connectivity index (χ3n) is 2.94. The maximum atomic E-state index is 12.0. The van der Waals surface area contributed by atoms with E-state index >= 15 is 0 Å². The van der Waals surface area contributed by atoms with Gasteiger partial charge >= 0.3 is 5.97 Å². The number of carboxylic acids is 1. The van der Waals surface area contributed by atoms with Gasteiger partial charge in [-0.1, -0.05) is 0 Å². The normalized spacial score (nSPS) is 14.6. The molecule has 6 N–H and O–H groups in total. The lowest BCUT2D eigenvalue weighted by atomic mass is 10.1. The van der Waals surface area contributed by atoms with Gasteiger partial charge in [-0.25, -0.2) is 9.78 Å². The number of carbonyl (C=O) groups is 3. The van der Waals surface area contributed by atoms with Gasteiger partial charge in [0.25, 0.3) is 0 Å². The second kappa shape index (κ2) is 9.43. The van der Waals surface area contributed by atoms with Crippen LogP contribution in [0.15, 0.2) is 12.5 Å². The van der Waals surface area contributed by atoms with E-state index in [-0.39, 0.29) is 17.9 Å². The van der Waals surface area contributed by atoms with Crippen LogP contribution in [0.1, 0.15) is 5.69 Å². The first kappa shape index (κ1) is 19.3. The summed E-state index contributed by atoms with van der Waals surface area (Å²) in [7, 11) is 0. The van der Waals surface area contributed by atoms with Crippen molar-refractivity contribution in [1.82, 2.24) is 20.6 Å². The van der Waals surface area contributed by atoms with Crippen molar-refractivity contribution in [3.05, 3.63) is 18.2 Å². The molecule has 1 aromatic rings. The fourth-order valence-corrected chi connectivity index (χ4v) is 2.16. The van der Waals surface area contributed by atoms with Gasteiger partial charge in [-0.3, -0.25) is 9.59 Å². The maximum Gasteiger partial charge on any atom is 0.327 e. The third kappa shape index (κ3) is 6.12. The number of aliphatic carboxylic acids is 1. The Kier molecular flexibility index (Phi) is 7.92. The van der Waals surface area contributed by atoms with Gasteiger partial charge in [-0.05, 0) is 0 Å². The number of thiol groups is 2. The number of hydrogen-bond acceptors (Lipinski definition) is 7. The molecular formula is C12H19N5O4S2. The molecule has 128 valence electrons. The van der Waals surface area contributed by atoms with Gasteiger partial charge in [-0.2, -0.15) is 25.3 Å². The number of H-pyrrole nitrogens is 1. The minimum Gasteiger partial charge on any atom is -0.480 e. The van der Waals surface area contributed by atoms with Crippen LogP contribution in [0.3, 0.4) is 0 Å². The highest BCUT2D eigenvalue weighted by Gasteiger charge is 2.26. The zero-order valence-corrected chi connectivity index (χ0v) is 13.9. The molecule has 0 aliphatic heterocycles. The highest BCUT2D eigenvalue weighted by atomic mass is 32.1. The van der Waals surface area contributed by atoms with Crippen LogP contribution in [-0.4, -0.2) is 62.5 Å². The number of nitrogens with one attached hydrogen (secondary N) is 3. The smallest absolute Gasteiger partial charge is 0.327 e. The van der Waals surface area contributed by atoms with Crippen LogP contribution in [0.2, 0.25) is 0 Å². The van der Waals surface area contributed by atoms with Gasteiger partial charge in [0.15, 0.2) is 0 Å². The number of imidazole rings is 1. The molecule has 2 amide bonds. The summed E-state index contributed by atoms with van der Waals surface area (Å²) in [6.07, 6.45) is 3.23. The lowest BCUT2D eigenvalue weighted by Crippen LogP contribution is -2.55. The van der Waals surface area contributed by atoms with Crippen molar-refractivity contribution in [3.8, 4) is 0 Å². The maximum absolute atomic E-state index is 12.0. The third-order valence-corrected chi connectivity index (χ3v) is 3.67. The topological polar surface area (TPSA) is 150 Å². The van der Waals surface area contributed by atoms with Crippen molar-refractivity contribution in [2.24, 2.45) is 5.73 Å². The molecule has 0 saturated heterocycles. The number of carbonyl (C=O) groups excluding carboxylic acids is 2. The predicted octanol–water partition coefficient (Wildman–Crippen LogP) is -1.81. The van der Waals surface area contributed by atoms with Crippen molar-refractivity contribution in [2.45, 2.75) is 24.5 Å². The largest absolute Gasteiger partial charge is 0.480 e. The summed E-state index contributed by atoms with van der Waals surface area (Å²) in [6, 6.07) is -3.03. The number of nitrogens with zero attached hydrogens (tertiary/aromatic N) is 1. The number of hydrogen-bond donors (Lipinski definition) is 7. The first-order valence-corrected chi connectivity index (χ1v) is 7.93. The van der Waals surface area contributed by atoms with Gasteiger partial charge in [-0.15, -0.1) is 0 Å². The molecule has 1 aromatic heterocycles. The molecule has 0 spiro atoms. The molecule has 0 saturated carbocycles. The lowest BCUT2D eigenvalue weighted by molar-refractivity contribution is -0.141. The fraction of sp³-hybridized carbons (Fsp3) is 0.500. The number of aromatic nitrogens is 2. The predicted molar refractivity (Wildman–Crippen MR) is 89.5 cm³/mol. The Hall–Kier alpha value is -1.72. The van der Waals surface area contributed by atoms with Crippen LogP contribution in [0, 0.1) is 0 Å². The molecule has 0 aromatic carbocycles. The van der Waals surface area contributed by atoms with E-state index in [0.717, 1.165) is 0 Å². The van der Waals surface area contributed by atoms with E-state index < -0.39 is 35.9 Å². The Morgan fingerprint density at radius 2 is 1.83 bits per heavy atom. The van der Waals surface area contributed by atoms with Crippen molar-refractivity contribution in [2.75, 3.05) is 11.5 Å². The summed E-state index contributed by atoms with van der Waals surface area (Å²) in [5.74, 6) is -2.51. The number of carboxylic acid groups (broad SMARTS) is 1. The summed E-state index contributed by atoms with van der Waals surface area (Å²) in [5.41, 5.74) is 6.45. The van der Waals surface area contributed by atoms with Crippen molar-refractivity contribution < 1.29 is 19.5 Å². The Morgan fingerprint density at radius 1 is 1.22 bits per heavy atom. The van der Waals surface area contributed by atoms with E-state index in [9.17, 15) is 14.4 Å². The van der Waals surface area contributed by atoms with Gasteiger partial charge < -0.3 is 26.5 Å². The average molecular weight is 361 g/mol. The minimum absolute atomic E-state index is 0.00669. The highest BCUT2D eigenvalue weighted by molar-refractivity contribution is 7.80. The van der Waals surface area contributed by atoms with Crippen LogP contribution in [0.4, 0.5) is 0 Å². The lowest BCUT2D eigenvalue weighted by Gasteiger charge is -2.20. The monoisotopic (exact) mass is 361 g/mol. The molecule has 23 heavy (non-hydrogen) atoms. The summed E-state index contributed by atoms with van der Waals surface area (Å²) >= 11 is 7.84. The average Bonchev–Trinajstić information content (AvgIpc) is 3.02. The number of aromatic amines is 1. The standard InChI is InChI=1S/C12H19N5O4S2/c13-7(1-6-2-14-5-15-6)10(18)16-8(3-22)11(19)17-9(4-23)12(20)21/h2,5,7-9,22-23H,1,3-4,13H2,(H,14,15)(H,16,18)(H,17,19)(H,20,21). The van der Waals surface area contributed by atoms with Crippen molar-refractivity contribution in [1.29, 1.82) is 0 Å². The summed E-state index contributed by atoms with van der Waals surface area (Å²) in [4.78, 5) is 41.5. The van der Waals surface area contributed by atoms with E-state index in [2.05, 4.69) is 45.9 Å². The van der Waals surface area contributed by atoms with Crippen molar-refractivity contribution >= 4 is 43.0 Å². The summed E-state index contributed by atoms with van der Waals surface area (Å²) in [5, 5.41) is 13.6. The molecule has 0 aliphatic rings. The highest BCUT2D eigenvalue weighted by Crippen LogP contribution is 1.99. The van der Waals surface area contributed by atoms with Crippen LogP contribution >= 0.6 is 25.3 Å². The summed E-state index contributed by atoms with van der Waals surface area (Å²) in [6.45, 7) is 0. The second-order valence-corrected chi connectivity index (χ2v) is 5.44. The molecule has 11 heteroatoms. The van der Waals surface area contributed by atoms with Crippen LogP contribution in [-0.2, 0) is 20.8 Å². The molecule has 0 bridgehead atoms. The molecule has 3 unspecified atom stereocenters. The fourth-order valence-electron chi connectivity index (χ4n) is 1.66. The van der Waals surface area contributed by atoms with Crippen LogP contribution < -0.4 is 16.4 Å². The zero-order chi connectivity index (χ0) is 17.4. The zero-order valence-electron chi connectivity index (χ0n) is 12.1. The molecular weight excluding hydrogens is 342 g/mol. The Bertz CT molecular complexity index is 540. The quantitative estimate of drug-likeness (QED) is 0.258. The summed E-state index contributed by atoms with van der Waals surface area (Å²) < 4.78 is 0. The van der Waals surface area contributed by atoms with E-state index in [1.165, 1.54) is 6.33 Å². The molecule has 0 fully saturated rings. The number of amides is 2. The van der Waals surface area contributed by atoms with Crippen molar-refractivity contribution in [3.63, 3.8) is 0 Å². The van der Waals surface area contributed by atoms with Gasteiger partial charge in [0.1, 0.15) is 12.1 Å². The van der Waals surface area contributed by atoms with Gasteiger partial charge in [0.05, 0.1) is 12.4 Å². The van der Waals surface area contributed by atoms with Gasteiger partial charge in [0.2, 0.25) is 11.8 Å². The molecule has 1 rings (SSSR count). The van der Waals surface area contributed by atoms with Crippen LogP contribution in [0.5, 0.6) is 0 Å². The first-order chi connectivity index (χ1) is 10.9. The molecule has 3 atom stereocenters. The molecule has 0 radical (unpaired) electrons. The molecule has 1 heterocycles. The molecule has 0 aliphatic carbocycles. The molecule has 9 nitrogen and oxygen atoms in total. The van der Waals surface area contributed by atoms with E-state index in [1.807, 2.05) is 0 Å². The van der Waals surface area contributed by atoms with E-state index in [0.29, 0.717) is 5.69 Å². The van der Waals surface area contributed by atoms with E-state index in [4.69, 9.17) is 10.8 Å².